The molecule has 0 atom stereocenters. The Morgan fingerprint density at radius 3 is 2.17 bits per heavy atom. The summed E-state index contributed by atoms with van der Waals surface area (Å²) >= 11 is 0.903. The van der Waals surface area contributed by atoms with Gasteiger partial charge >= 0.3 is 10.1 Å². The van der Waals surface area contributed by atoms with Gasteiger partial charge in [-0.2, -0.15) is 8.42 Å². The summed E-state index contributed by atoms with van der Waals surface area (Å²) in [5.74, 6) is 0.585. The van der Waals surface area contributed by atoms with Crippen molar-refractivity contribution in [3.63, 3.8) is 0 Å². The lowest BCUT2D eigenvalue weighted by atomic mass is 10.1. The normalized spacial score (nSPS) is 15.8. The van der Waals surface area contributed by atoms with E-state index < -0.39 is 10.1 Å². The lowest BCUT2D eigenvalue weighted by Crippen LogP contribution is -2.18. The smallest absolute Gasteiger partial charge is 0.306 e. The number of carbonyl (C=O) groups is 2. The molecule has 9 heteroatoms. The molecule has 2 amide bonds. The maximum Gasteiger partial charge on any atom is 0.306 e. The van der Waals surface area contributed by atoms with Crippen LogP contribution >= 0.6 is 11.8 Å². The van der Waals surface area contributed by atoms with E-state index in [-0.39, 0.29) is 16.9 Å². The van der Waals surface area contributed by atoms with Crippen molar-refractivity contribution in [3.05, 3.63) is 64.6 Å². The third-order valence-electron chi connectivity index (χ3n) is 4.07. The Morgan fingerprint density at radius 1 is 1.00 bits per heavy atom. The first-order valence-corrected chi connectivity index (χ1v) is 11.3. The van der Waals surface area contributed by atoms with E-state index in [0.717, 1.165) is 34.7 Å². The van der Waals surface area contributed by atoms with E-state index in [1.54, 1.807) is 31.2 Å². The van der Waals surface area contributed by atoms with Crippen molar-refractivity contribution in [2.45, 2.75) is 13.3 Å². The van der Waals surface area contributed by atoms with Gasteiger partial charge in [-0.05, 0) is 59.7 Å². The van der Waals surface area contributed by atoms with E-state index in [0.29, 0.717) is 23.7 Å². The minimum atomic E-state index is -3.53. The number of nitrogens with one attached hydrogen (secondary N) is 1. The van der Waals surface area contributed by atoms with Crippen LogP contribution in [-0.2, 0) is 21.3 Å². The molecule has 2 aromatic carbocycles. The average Bonchev–Trinajstić information content (AvgIpc) is 3.00. The minimum Gasteiger partial charge on any atom is -0.493 e. The highest BCUT2D eigenvalue weighted by Gasteiger charge is 2.27. The van der Waals surface area contributed by atoms with E-state index in [1.807, 2.05) is 24.3 Å². The first-order valence-electron chi connectivity index (χ1n) is 8.67. The fourth-order valence-corrected chi connectivity index (χ4v) is 3.87. The largest absolute Gasteiger partial charge is 0.493 e. The van der Waals surface area contributed by atoms with Crippen molar-refractivity contribution >= 4 is 38.6 Å². The van der Waals surface area contributed by atoms with Crippen LogP contribution in [0, 0.1) is 0 Å². The van der Waals surface area contributed by atoms with Crippen LogP contribution < -0.4 is 14.2 Å². The second-order valence-electron chi connectivity index (χ2n) is 6.35. The molecule has 0 saturated carbocycles. The summed E-state index contributed by atoms with van der Waals surface area (Å²) in [5, 5.41) is 1.89. The van der Waals surface area contributed by atoms with E-state index in [4.69, 9.17) is 8.92 Å². The number of imide groups is 1. The number of benzene rings is 2. The van der Waals surface area contributed by atoms with Crippen molar-refractivity contribution in [2.75, 3.05) is 12.9 Å². The lowest BCUT2D eigenvalue weighted by Gasteiger charge is -2.09. The Morgan fingerprint density at radius 2 is 1.62 bits per heavy atom. The zero-order valence-corrected chi connectivity index (χ0v) is 17.4. The maximum atomic E-state index is 11.8. The molecule has 0 spiro atoms. The average molecular weight is 434 g/mol. The first-order chi connectivity index (χ1) is 13.7. The first kappa shape index (κ1) is 20.9. The zero-order chi connectivity index (χ0) is 21.0. The molecule has 2 aromatic rings. The summed E-state index contributed by atoms with van der Waals surface area (Å²) in [5.41, 5.74) is 2.56. The fraction of sp³-hybridized carbons (Fsp3) is 0.200. The second-order valence-corrected chi connectivity index (χ2v) is 8.91. The van der Waals surface area contributed by atoms with Crippen LogP contribution in [0.2, 0.25) is 0 Å². The number of thioether (sulfide) groups is 1. The Kier molecular flexibility index (Phi) is 6.29. The summed E-state index contributed by atoms with van der Waals surface area (Å²) in [6.07, 6.45) is 1.64. The van der Waals surface area contributed by atoms with E-state index in [1.165, 1.54) is 0 Å². The van der Waals surface area contributed by atoms with Crippen LogP contribution in [0.3, 0.4) is 0 Å². The number of hydrogen-bond acceptors (Lipinski definition) is 7. The van der Waals surface area contributed by atoms with Crippen molar-refractivity contribution in [1.82, 2.24) is 5.32 Å². The minimum absolute atomic E-state index is 0.271. The van der Waals surface area contributed by atoms with Crippen molar-refractivity contribution < 1.29 is 26.9 Å². The predicted molar refractivity (Wildman–Crippen MR) is 111 cm³/mol. The Bertz CT molecular complexity index is 1060. The van der Waals surface area contributed by atoms with E-state index in [2.05, 4.69) is 5.32 Å². The molecule has 0 aromatic heterocycles. The standard InChI is InChI=1S/C20H19NO6S2/c1-13(18-19(22)21-20(23)28-18)15-5-9-16(10-6-15)26-12-11-14-3-7-17(8-4-14)27-29(2,24)25/h3-10H,11-12H2,1-2H3,(H,21,22,23). The molecule has 1 heterocycles. The number of rotatable bonds is 7. The second kappa shape index (κ2) is 8.71. The summed E-state index contributed by atoms with van der Waals surface area (Å²) in [6.45, 7) is 2.24. The van der Waals surface area contributed by atoms with Crippen molar-refractivity contribution in [1.29, 1.82) is 0 Å². The molecule has 1 fully saturated rings. The highest BCUT2D eigenvalue weighted by atomic mass is 32.2. The quantitative estimate of drug-likeness (QED) is 0.528. The summed E-state index contributed by atoms with van der Waals surface area (Å²) in [6, 6.07) is 14.1. The number of hydrogen-bond donors (Lipinski definition) is 1. The fourth-order valence-electron chi connectivity index (χ4n) is 2.67. The summed E-state index contributed by atoms with van der Waals surface area (Å²) < 4.78 is 32.7. The zero-order valence-electron chi connectivity index (χ0n) is 15.8. The molecule has 0 aliphatic carbocycles. The summed E-state index contributed by atoms with van der Waals surface area (Å²) in [4.78, 5) is 23.5. The highest BCUT2D eigenvalue weighted by molar-refractivity contribution is 8.18. The molecule has 7 nitrogen and oxygen atoms in total. The van der Waals surface area contributed by atoms with Gasteiger partial charge in [-0.25, -0.2) is 0 Å². The van der Waals surface area contributed by atoms with Crippen LogP contribution in [0.4, 0.5) is 4.79 Å². The van der Waals surface area contributed by atoms with Gasteiger partial charge in [0.25, 0.3) is 11.1 Å². The topological polar surface area (TPSA) is 98.8 Å². The summed E-state index contributed by atoms with van der Waals surface area (Å²) in [7, 11) is -3.53. The predicted octanol–water partition coefficient (Wildman–Crippen LogP) is 3.36. The van der Waals surface area contributed by atoms with Crippen LogP contribution in [0.5, 0.6) is 11.5 Å². The van der Waals surface area contributed by atoms with E-state index >= 15 is 0 Å². The van der Waals surface area contributed by atoms with Gasteiger partial charge in [0.1, 0.15) is 11.5 Å². The molecular weight excluding hydrogens is 414 g/mol. The van der Waals surface area contributed by atoms with Gasteiger partial charge in [0.2, 0.25) is 0 Å². The van der Waals surface area contributed by atoms with E-state index in [9.17, 15) is 18.0 Å². The molecule has 1 aliphatic rings. The van der Waals surface area contributed by atoms with Gasteiger partial charge in [-0.15, -0.1) is 0 Å². The maximum absolute atomic E-state index is 11.8. The Labute approximate surface area is 173 Å². The van der Waals surface area contributed by atoms with Crippen molar-refractivity contribution in [3.8, 4) is 11.5 Å². The molecule has 1 N–H and O–H groups in total. The van der Waals surface area contributed by atoms with Gasteiger partial charge in [-0.1, -0.05) is 24.3 Å². The molecule has 0 bridgehead atoms. The van der Waals surface area contributed by atoms with Crippen LogP contribution in [-0.4, -0.2) is 32.4 Å². The van der Waals surface area contributed by atoms with Crippen LogP contribution in [0.25, 0.3) is 5.57 Å². The Hall–Kier alpha value is -2.78. The number of allylic oxidation sites excluding steroid dienone is 1. The molecule has 0 radical (unpaired) electrons. The van der Waals surface area contributed by atoms with Crippen LogP contribution in [0.1, 0.15) is 18.1 Å². The third kappa shape index (κ3) is 5.85. The molecule has 1 aliphatic heterocycles. The SMILES string of the molecule is CC(=C1SC(=O)NC1=O)c1ccc(OCCc2ccc(OS(C)(=O)=O)cc2)cc1. The van der Waals surface area contributed by atoms with Gasteiger partial charge in [0, 0.05) is 6.42 Å². The highest BCUT2D eigenvalue weighted by Crippen LogP contribution is 2.32. The Balaban J connectivity index is 1.55. The number of amides is 2. The number of carbonyl (C=O) groups excluding carboxylic acids is 2. The van der Waals surface area contributed by atoms with Gasteiger partial charge < -0.3 is 8.92 Å². The van der Waals surface area contributed by atoms with Gasteiger partial charge in [0.15, 0.2) is 0 Å². The molecule has 3 rings (SSSR count). The molecule has 29 heavy (non-hydrogen) atoms. The third-order valence-corrected chi connectivity index (χ3v) is 5.55. The molecule has 152 valence electrons. The molecule has 0 unspecified atom stereocenters. The number of ether oxygens (including phenoxy) is 1. The molecular formula is C20H19NO6S2. The van der Waals surface area contributed by atoms with Gasteiger partial charge in [0.05, 0.1) is 17.8 Å². The van der Waals surface area contributed by atoms with Crippen molar-refractivity contribution in [2.24, 2.45) is 0 Å². The monoisotopic (exact) mass is 433 g/mol. The lowest BCUT2D eigenvalue weighted by molar-refractivity contribution is -0.115. The van der Waals surface area contributed by atoms with Gasteiger partial charge in [-0.3, -0.25) is 14.9 Å². The van der Waals surface area contributed by atoms with Crippen LogP contribution in [0.15, 0.2) is 53.4 Å². The molecule has 1 saturated heterocycles.